The van der Waals surface area contributed by atoms with Gasteiger partial charge in [-0.2, -0.15) is 0 Å². The van der Waals surface area contributed by atoms with Crippen molar-refractivity contribution in [1.82, 2.24) is 0 Å². The Morgan fingerprint density at radius 1 is 0.952 bits per heavy atom. The van der Waals surface area contributed by atoms with Crippen molar-refractivity contribution in [2.24, 2.45) is 0 Å². The normalized spacial score (nSPS) is 10.6. The summed E-state index contributed by atoms with van der Waals surface area (Å²) in [7, 11) is -4.13. The van der Waals surface area contributed by atoms with E-state index in [-0.39, 0.29) is 64.1 Å². The van der Waals surface area contributed by atoms with Crippen molar-refractivity contribution in [2.75, 3.05) is 0 Å². The van der Waals surface area contributed by atoms with Crippen LogP contribution in [0.25, 0.3) is 0 Å². The smallest absolute Gasteiger partial charge is 0.358 e. The van der Waals surface area contributed by atoms with Gasteiger partial charge in [-0.25, -0.2) is 0 Å². The van der Waals surface area contributed by atoms with Gasteiger partial charge in [0.1, 0.15) is 0 Å². The summed E-state index contributed by atoms with van der Waals surface area (Å²) >= 11 is 0. The van der Waals surface area contributed by atoms with E-state index >= 15 is 0 Å². The van der Waals surface area contributed by atoms with Crippen molar-refractivity contribution < 1.29 is 65.7 Å². The van der Waals surface area contributed by atoms with E-state index in [4.69, 9.17) is 0 Å². The molecule has 2 N–H and O–H groups in total. The van der Waals surface area contributed by atoms with Crippen LogP contribution in [0.1, 0.15) is 57.4 Å². The van der Waals surface area contributed by atoms with Crippen LogP contribution in [0.15, 0.2) is 24.3 Å². The topological polar surface area (TPSA) is 57.5 Å². The van der Waals surface area contributed by atoms with Gasteiger partial charge in [-0.1, -0.05) is 63.6 Å². The Balaban J connectivity index is 0. The molecule has 0 radical (unpaired) electrons. The molecule has 0 aliphatic carbocycles. The van der Waals surface area contributed by atoms with E-state index in [0.29, 0.717) is 0 Å². The fourth-order valence-corrected chi connectivity index (χ4v) is 3.12. The van der Waals surface area contributed by atoms with Gasteiger partial charge in [-0.05, 0) is 24.5 Å². The van der Waals surface area contributed by atoms with E-state index in [1.54, 1.807) is 6.07 Å². The molecule has 0 atom stereocenters. The van der Waals surface area contributed by atoms with E-state index in [9.17, 15) is 14.4 Å². The largest absolute Gasteiger partial charge is 1.00 e. The van der Waals surface area contributed by atoms with Gasteiger partial charge < -0.3 is 17.2 Å². The van der Waals surface area contributed by atoms with Gasteiger partial charge in [0.05, 0.1) is 5.30 Å². The number of unbranched alkanes of at least 4 members (excludes halogenated alkanes) is 6. The minimum atomic E-state index is -4.13. The van der Waals surface area contributed by atoms with Crippen molar-refractivity contribution in [2.45, 2.75) is 58.3 Å². The molecule has 1 aromatic carbocycles. The molecule has 0 aliphatic rings. The van der Waals surface area contributed by atoms with Gasteiger partial charge in [0.15, 0.2) is 0 Å². The summed E-state index contributed by atoms with van der Waals surface area (Å²) in [5.41, 5.74) is 0.796. The molecule has 0 fully saturated rings. The van der Waals surface area contributed by atoms with Crippen molar-refractivity contribution in [3.8, 4) is 0 Å². The average Bonchev–Trinajstić information content (AvgIpc) is 2.37. The molecule has 3 nitrogen and oxygen atoms in total. The van der Waals surface area contributed by atoms with Crippen LogP contribution < -0.4 is 56.7 Å². The Morgan fingerprint density at radius 2 is 1.48 bits per heavy atom. The third kappa shape index (κ3) is 10.4. The van der Waals surface area contributed by atoms with Gasteiger partial charge in [0.25, 0.3) is 0 Å². The number of hydrogen-bond acceptors (Lipinski definition) is 1. The maximum Gasteiger partial charge on any atom is 1.00 e. The molecule has 0 heterocycles. The van der Waals surface area contributed by atoms with E-state index < -0.39 is 7.60 Å². The Kier molecular flexibility index (Phi) is 15.5. The Bertz CT molecular complexity index is 418. The second kappa shape index (κ2) is 13.4. The second-order valence-electron chi connectivity index (χ2n) is 5.04. The zero-order valence-corrected chi connectivity index (χ0v) is 17.7. The fourth-order valence-electron chi connectivity index (χ4n) is 2.28. The van der Waals surface area contributed by atoms with Crippen LogP contribution in [0.5, 0.6) is 0 Å². The molecule has 0 aromatic heterocycles. The number of rotatable bonds is 9. The number of hydrogen-bond donors (Lipinski definition) is 2. The number of aryl methyl sites for hydroxylation is 1. The zero-order valence-electron chi connectivity index (χ0n) is 13.7. The first kappa shape index (κ1) is 24.3. The third-order valence-corrected chi connectivity index (χ3v) is 4.42. The SMILES string of the molecule is CCCCCCCCCc1ccccc1P(=O)(O)O.[CH3-].[K+]. The minimum absolute atomic E-state index is 0. The average molecular weight is 338 g/mol. The summed E-state index contributed by atoms with van der Waals surface area (Å²) in [6, 6.07) is 6.89. The molecular formula is C16H28KO3P. The van der Waals surface area contributed by atoms with E-state index in [1.807, 2.05) is 12.1 Å². The van der Waals surface area contributed by atoms with Crippen molar-refractivity contribution in [3.05, 3.63) is 37.3 Å². The molecule has 0 bridgehead atoms. The van der Waals surface area contributed by atoms with Crippen molar-refractivity contribution in [1.29, 1.82) is 0 Å². The van der Waals surface area contributed by atoms with E-state index in [1.165, 1.54) is 38.2 Å². The summed E-state index contributed by atoms with van der Waals surface area (Å²) < 4.78 is 11.4. The van der Waals surface area contributed by atoms with Gasteiger partial charge in [0.2, 0.25) is 0 Å². The van der Waals surface area contributed by atoms with Crippen LogP contribution in [-0.4, -0.2) is 9.79 Å². The van der Waals surface area contributed by atoms with Crippen molar-refractivity contribution >= 4 is 12.9 Å². The molecule has 0 spiro atoms. The summed E-state index contributed by atoms with van der Waals surface area (Å²) in [6.07, 6.45) is 9.26. The molecule has 5 heteroatoms. The molecule has 0 aliphatic heterocycles. The first-order chi connectivity index (χ1) is 9.05. The maximum absolute atomic E-state index is 11.4. The van der Waals surface area contributed by atoms with Crippen LogP contribution in [-0.2, 0) is 11.0 Å². The molecule has 0 saturated heterocycles. The minimum Gasteiger partial charge on any atom is -0.358 e. The van der Waals surface area contributed by atoms with Crippen molar-refractivity contribution in [3.63, 3.8) is 0 Å². The van der Waals surface area contributed by atoms with E-state index in [2.05, 4.69) is 6.92 Å². The maximum atomic E-state index is 11.4. The summed E-state index contributed by atoms with van der Waals surface area (Å²) in [6.45, 7) is 2.21. The predicted octanol–water partition coefficient (Wildman–Crippen LogP) is 1.24. The van der Waals surface area contributed by atoms with Crippen LogP contribution in [0.2, 0.25) is 0 Å². The first-order valence-electron chi connectivity index (χ1n) is 7.19. The molecule has 1 rings (SSSR count). The van der Waals surface area contributed by atoms with Crippen LogP contribution >= 0.6 is 7.60 Å². The third-order valence-electron chi connectivity index (χ3n) is 3.36. The first-order valence-corrected chi connectivity index (χ1v) is 8.81. The molecule has 0 saturated carbocycles. The zero-order chi connectivity index (χ0) is 14.1. The van der Waals surface area contributed by atoms with Gasteiger partial charge in [-0.15, -0.1) is 0 Å². The van der Waals surface area contributed by atoms with Gasteiger partial charge in [0, 0.05) is 0 Å². The van der Waals surface area contributed by atoms with Gasteiger partial charge in [-0.3, -0.25) is 4.57 Å². The molecule has 0 unspecified atom stereocenters. The standard InChI is InChI=1S/C15H25O3P.CH3.K/c1-2-3-4-5-6-7-8-11-14-12-9-10-13-15(14)19(16,17)18;;/h9-10,12-13H,2-8,11H2,1H3,(H2,16,17,18);1H3;/q;-1;+1. The monoisotopic (exact) mass is 338 g/mol. The van der Waals surface area contributed by atoms with Crippen LogP contribution in [0, 0.1) is 7.43 Å². The quantitative estimate of drug-likeness (QED) is 0.308. The molecule has 1 aromatic rings. The fraction of sp³-hybridized carbons (Fsp3) is 0.562. The van der Waals surface area contributed by atoms with E-state index in [0.717, 1.165) is 24.8 Å². The Labute approximate surface area is 172 Å². The molecular weight excluding hydrogens is 310 g/mol. The predicted molar refractivity (Wildman–Crippen MR) is 86.2 cm³/mol. The summed E-state index contributed by atoms with van der Waals surface area (Å²) in [4.78, 5) is 18.6. The molecule has 116 valence electrons. The molecule has 21 heavy (non-hydrogen) atoms. The Morgan fingerprint density at radius 3 is 2.05 bits per heavy atom. The number of benzene rings is 1. The summed E-state index contributed by atoms with van der Waals surface area (Å²) in [5, 5.41) is 0.195. The van der Waals surface area contributed by atoms with Crippen LogP contribution in [0.3, 0.4) is 0 Å². The van der Waals surface area contributed by atoms with Gasteiger partial charge >= 0.3 is 59.0 Å². The van der Waals surface area contributed by atoms with Crippen LogP contribution in [0.4, 0.5) is 0 Å². The summed E-state index contributed by atoms with van der Waals surface area (Å²) in [5.74, 6) is 0. The Hall–Kier alpha value is 1.01. The second-order valence-corrected chi connectivity index (χ2v) is 6.61. The molecule has 0 amide bonds.